The van der Waals surface area contributed by atoms with Gasteiger partial charge in [-0.15, -0.1) is 0 Å². The fourth-order valence-electron chi connectivity index (χ4n) is 2.32. The summed E-state index contributed by atoms with van der Waals surface area (Å²) in [7, 11) is 0. The van der Waals surface area contributed by atoms with Crippen molar-refractivity contribution in [2.24, 2.45) is 5.92 Å². The number of furan rings is 1. The molecule has 1 atom stereocenters. The molecule has 4 nitrogen and oxygen atoms in total. The molecule has 1 aliphatic carbocycles. The number of hydrogen-bond acceptors (Lipinski definition) is 4. The van der Waals surface area contributed by atoms with Crippen LogP contribution in [0.2, 0.25) is 0 Å². The maximum Gasteiger partial charge on any atom is 0.177 e. The Morgan fingerprint density at radius 1 is 1.28 bits per heavy atom. The van der Waals surface area contributed by atoms with Gasteiger partial charge in [-0.1, -0.05) is 0 Å². The standard InChI is InChI=1S/C14H11NO3/c16-13(9-3-6-15-7-4-9)11-1-2-12-10(14(11)17)5-8-18-12/h3-8,11H,1-2H2. The summed E-state index contributed by atoms with van der Waals surface area (Å²) in [5.74, 6) is -0.155. The van der Waals surface area contributed by atoms with E-state index in [0.717, 1.165) is 0 Å². The lowest BCUT2D eigenvalue weighted by Crippen LogP contribution is -2.28. The number of fused-ring (bicyclic) bond motifs is 1. The van der Waals surface area contributed by atoms with Gasteiger partial charge in [0, 0.05) is 24.4 Å². The van der Waals surface area contributed by atoms with Crippen molar-refractivity contribution in [2.75, 3.05) is 0 Å². The minimum atomic E-state index is -0.586. The third kappa shape index (κ3) is 1.66. The van der Waals surface area contributed by atoms with Gasteiger partial charge in [-0.05, 0) is 24.6 Å². The normalized spacial score (nSPS) is 18.4. The highest BCUT2D eigenvalue weighted by Crippen LogP contribution is 2.28. The van der Waals surface area contributed by atoms with Crippen LogP contribution < -0.4 is 0 Å². The van der Waals surface area contributed by atoms with Crippen LogP contribution in [-0.2, 0) is 6.42 Å². The molecule has 4 heteroatoms. The Labute approximate surface area is 104 Å². The van der Waals surface area contributed by atoms with Crippen molar-refractivity contribution >= 4 is 11.6 Å². The Bertz CT molecular complexity index is 601. The first-order valence-corrected chi connectivity index (χ1v) is 5.82. The first-order valence-electron chi connectivity index (χ1n) is 5.82. The van der Waals surface area contributed by atoms with Gasteiger partial charge in [-0.3, -0.25) is 14.6 Å². The van der Waals surface area contributed by atoms with E-state index in [0.29, 0.717) is 29.7 Å². The molecule has 2 aromatic heterocycles. The number of aryl methyl sites for hydroxylation is 1. The van der Waals surface area contributed by atoms with Crippen molar-refractivity contribution in [2.45, 2.75) is 12.8 Å². The Hall–Kier alpha value is -2.23. The molecule has 3 rings (SSSR count). The van der Waals surface area contributed by atoms with E-state index in [1.54, 1.807) is 30.6 Å². The lowest BCUT2D eigenvalue weighted by Gasteiger charge is -2.18. The van der Waals surface area contributed by atoms with E-state index in [-0.39, 0.29) is 11.6 Å². The molecule has 2 aromatic rings. The van der Waals surface area contributed by atoms with E-state index in [9.17, 15) is 9.59 Å². The number of carbonyl (C=O) groups excluding carboxylic acids is 2. The third-order valence-corrected chi connectivity index (χ3v) is 3.27. The van der Waals surface area contributed by atoms with Crippen LogP contribution in [0.4, 0.5) is 0 Å². The fourth-order valence-corrected chi connectivity index (χ4v) is 2.32. The Morgan fingerprint density at radius 3 is 2.83 bits per heavy atom. The summed E-state index contributed by atoms with van der Waals surface area (Å²) in [5, 5.41) is 0. The minimum absolute atomic E-state index is 0.130. The van der Waals surface area contributed by atoms with Crippen molar-refractivity contribution in [3.63, 3.8) is 0 Å². The van der Waals surface area contributed by atoms with E-state index in [2.05, 4.69) is 4.98 Å². The van der Waals surface area contributed by atoms with Gasteiger partial charge >= 0.3 is 0 Å². The van der Waals surface area contributed by atoms with Crippen molar-refractivity contribution in [1.82, 2.24) is 4.98 Å². The molecule has 1 unspecified atom stereocenters. The molecule has 0 amide bonds. The molecule has 0 saturated heterocycles. The summed E-state index contributed by atoms with van der Waals surface area (Å²) in [6.07, 6.45) is 5.77. The highest BCUT2D eigenvalue weighted by atomic mass is 16.3. The number of aromatic nitrogens is 1. The molecule has 0 spiro atoms. The van der Waals surface area contributed by atoms with E-state index in [1.807, 2.05) is 0 Å². The molecule has 0 fully saturated rings. The van der Waals surface area contributed by atoms with Crippen LogP contribution in [0.15, 0.2) is 41.3 Å². The van der Waals surface area contributed by atoms with E-state index in [1.165, 1.54) is 6.26 Å². The Balaban J connectivity index is 1.92. The molecule has 1 aliphatic rings. The Kier molecular flexibility index (Phi) is 2.55. The fraction of sp³-hybridized carbons (Fsp3) is 0.214. The number of nitrogens with zero attached hydrogens (tertiary/aromatic N) is 1. The first-order chi connectivity index (χ1) is 8.77. The zero-order valence-electron chi connectivity index (χ0n) is 9.63. The van der Waals surface area contributed by atoms with E-state index < -0.39 is 5.92 Å². The van der Waals surface area contributed by atoms with E-state index in [4.69, 9.17) is 4.42 Å². The molecule has 0 aromatic carbocycles. The molecule has 2 heterocycles. The van der Waals surface area contributed by atoms with Crippen molar-refractivity contribution in [1.29, 1.82) is 0 Å². The largest absolute Gasteiger partial charge is 0.469 e. The number of ketones is 2. The molecule has 0 N–H and O–H groups in total. The number of Topliss-reactive ketones (excluding diaryl/α,β-unsaturated/α-hetero) is 2. The van der Waals surface area contributed by atoms with Gasteiger partial charge in [0.05, 0.1) is 17.7 Å². The average Bonchev–Trinajstić information content (AvgIpc) is 2.89. The van der Waals surface area contributed by atoms with Gasteiger partial charge in [0.25, 0.3) is 0 Å². The van der Waals surface area contributed by atoms with Crippen LogP contribution in [0.5, 0.6) is 0 Å². The van der Waals surface area contributed by atoms with Crippen LogP contribution in [-0.4, -0.2) is 16.6 Å². The van der Waals surface area contributed by atoms with Crippen molar-refractivity contribution in [3.05, 3.63) is 53.7 Å². The third-order valence-electron chi connectivity index (χ3n) is 3.27. The summed E-state index contributed by atoms with van der Waals surface area (Å²) in [6, 6.07) is 4.92. The van der Waals surface area contributed by atoms with Gasteiger partial charge in [-0.25, -0.2) is 0 Å². The predicted octanol–water partition coefficient (Wildman–Crippen LogP) is 2.30. The highest BCUT2D eigenvalue weighted by molar-refractivity contribution is 6.16. The van der Waals surface area contributed by atoms with Crippen molar-refractivity contribution in [3.8, 4) is 0 Å². The maximum atomic E-state index is 12.3. The molecule has 0 radical (unpaired) electrons. The number of hydrogen-bond donors (Lipinski definition) is 0. The SMILES string of the molecule is O=C(c1ccncc1)C1CCc2occc2C1=O. The van der Waals surface area contributed by atoms with Gasteiger partial charge < -0.3 is 4.42 Å². The van der Waals surface area contributed by atoms with Crippen LogP contribution >= 0.6 is 0 Å². The van der Waals surface area contributed by atoms with Crippen molar-refractivity contribution < 1.29 is 14.0 Å². The number of pyridine rings is 1. The summed E-state index contributed by atoms with van der Waals surface area (Å²) in [6.45, 7) is 0. The van der Waals surface area contributed by atoms with Gasteiger partial charge in [0.2, 0.25) is 0 Å². The maximum absolute atomic E-state index is 12.3. The van der Waals surface area contributed by atoms with Crippen LogP contribution in [0, 0.1) is 5.92 Å². The molecule has 18 heavy (non-hydrogen) atoms. The van der Waals surface area contributed by atoms with Gasteiger partial charge in [0.15, 0.2) is 11.6 Å². The summed E-state index contributed by atoms with van der Waals surface area (Å²) in [5.41, 5.74) is 1.09. The summed E-state index contributed by atoms with van der Waals surface area (Å²) >= 11 is 0. The Morgan fingerprint density at radius 2 is 2.06 bits per heavy atom. The smallest absolute Gasteiger partial charge is 0.177 e. The van der Waals surface area contributed by atoms with Crippen LogP contribution in [0.3, 0.4) is 0 Å². The lowest BCUT2D eigenvalue weighted by atomic mass is 9.82. The lowest BCUT2D eigenvalue weighted by molar-refractivity contribution is 0.0787. The van der Waals surface area contributed by atoms with Gasteiger partial charge in [0.1, 0.15) is 5.76 Å². The first kappa shape index (κ1) is 10.9. The molecule has 0 saturated carbocycles. The molecular formula is C14H11NO3. The van der Waals surface area contributed by atoms with E-state index >= 15 is 0 Å². The van der Waals surface area contributed by atoms with Crippen LogP contribution in [0.1, 0.15) is 32.9 Å². The monoisotopic (exact) mass is 241 g/mol. The van der Waals surface area contributed by atoms with Crippen LogP contribution in [0.25, 0.3) is 0 Å². The predicted molar refractivity (Wildman–Crippen MR) is 63.4 cm³/mol. The molecule has 0 bridgehead atoms. The second-order valence-corrected chi connectivity index (χ2v) is 4.31. The summed E-state index contributed by atoms with van der Waals surface area (Å²) < 4.78 is 5.22. The topological polar surface area (TPSA) is 60.2 Å². The molecule has 0 aliphatic heterocycles. The second-order valence-electron chi connectivity index (χ2n) is 4.31. The average molecular weight is 241 g/mol. The zero-order valence-corrected chi connectivity index (χ0v) is 9.63. The number of rotatable bonds is 2. The summed E-state index contributed by atoms with van der Waals surface area (Å²) in [4.78, 5) is 28.3. The molecule has 90 valence electrons. The molecular weight excluding hydrogens is 230 g/mol. The second kappa shape index (κ2) is 4.22. The minimum Gasteiger partial charge on any atom is -0.469 e. The number of carbonyl (C=O) groups is 2. The van der Waals surface area contributed by atoms with Gasteiger partial charge in [-0.2, -0.15) is 0 Å². The quantitative estimate of drug-likeness (QED) is 0.598. The highest BCUT2D eigenvalue weighted by Gasteiger charge is 2.34. The zero-order chi connectivity index (χ0) is 12.5.